The van der Waals surface area contributed by atoms with Crippen LogP contribution in [0.25, 0.3) is 0 Å². The van der Waals surface area contributed by atoms with Crippen LogP contribution in [0.3, 0.4) is 0 Å². The van der Waals surface area contributed by atoms with Crippen LogP contribution in [0.15, 0.2) is 49.6 Å². The van der Waals surface area contributed by atoms with Gasteiger partial charge in [0.2, 0.25) is 0 Å². The lowest BCUT2D eigenvalue weighted by Gasteiger charge is -2.36. The quantitative estimate of drug-likeness (QED) is 0.622. The molecule has 2 aromatic heterocycles. The Labute approximate surface area is 150 Å². The van der Waals surface area contributed by atoms with E-state index in [-0.39, 0.29) is 12.1 Å². The number of hydrogen-bond donors (Lipinski definition) is 1. The first-order valence-electron chi connectivity index (χ1n) is 7.61. The second-order valence-corrected chi connectivity index (χ2v) is 5.68. The maximum absolute atomic E-state index is 13.3. The number of halogens is 4. The van der Waals surface area contributed by atoms with E-state index >= 15 is 0 Å². The van der Waals surface area contributed by atoms with E-state index in [0.717, 1.165) is 29.5 Å². The van der Waals surface area contributed by atoms with Gasteiger partial charge in [-0.15, -0.1) is 0 Å². The van der Waals surface area contributed by atoms with Gasteiger partial charge in [0.25, 0.3) is 0 Å². The molecule has 3 rings (SSSR count). The van der Waals surface area contributed by atoms with Crippen molar-refractivity contribution in [3.05, 3.63) is 61.0 Å². The highest BCUT2D eigenvalue weighted by Crippen LogP contribution is 2.36. The van der Waals surface area contributed by atoms with Crippen molar-refractivity contribution >= 4 is 0 Å². The molecule has 3 aromatic rings. The molecule has 0 saturated heterocycles. The summed E-state index contributed by atoms with van der Waals surface area (Å²) >= 11 is 0. The van der Waals surface area contributed by atoms with Gasteiger partial charge in [-0.1, -0.05) is 12.1 Å². The van der Waals surface area contributed by atoms with Gasteiger partial charge in [-0.3, -0.25) is 0 Å². The minimum Gasteiger partial charge on any atom is -0.378 e. The zero-order chi connectivity index (χ0) is 19.5. The highest BCUT2D eigenvalue weighted by molar-refractivity contribution is 5.24. The third kappa shape index (κ3) is 4.46. The van der Waals surface area contributed by atoms with E-state index < -0.39 is 30.4 Å². The third-order valence-electron chi connectivity index (χ3n) is 3.70. The number of benzene rings is 1. The zero-order valence-electron chi connectivity index (χ0n) is 13.7. The highest BCUT2D eigenvalue weighted by atomic mass is 19.4. The predicted octanol–water partition coefficient (Wildman–Crippen LogP) is 1.67. The smallest absolute Gasteiger partial charge is 0.378 e. The first-order chi connectivity index (χ1) is 12.8. The molecule has 0 spiro atoms. The Morgan fingerprint density at radius 1 is 1.04 bits per heavy atom. The van der Waals surface area contributed by atoms with E-state index in [1.54, 1.807) is 0 Å². The van der Waals surface area contributed by atoms with Crippen molar-refractivity contribution in [2.24, 2.45) is 0 Å². The lowest BCUT2D eigenvalue weighted by molar-refractivity contribution is -0.235. The molecule has 0 saturated carbocycles. The molecular weight excluding hydrogens is 372 g/mol. The largest absolute Gasteiger partial charge is 0.411 e. The molecule has 0 fully saturated rings. The SMILES string of the molecule is O[C@@](Cn1cncn1)(c1ccc(F)cc1)[C@@H](OCC(F)(F)F)n1cncn1. The molecule has 1 aromatic carbocycles. The summed E-state index contributed by atoms with van der Waals surface area (Å²) in [6.45, 7) is -1.97. The lowest BCUT2D eigenvalue weighted by atomic mass is 9.91. The monoisotopic (exact) mass is 386 g/mol. The first kappa shape index (κ1) is 18.9. The second-order valence-electron chi connectivity index (χ2n) is 5.68. The molecule has 8 nitrogen and oxygen atoms in total. The van der Waals surface area contributed by atoms with E-state index in [9.17, 15) is 22.7 Å². The summed E-state index contributed by atoms with van der Waals surface area (Å²) in [6, 6.07) is 4.63. The average molecular weight is 386 g/mol. The second kappa shape index (κ2) is 7.40. The van der Waals surface area contributed by atoms with Gasteiger partial charge in [0.15, 0.2) is 11.8 Å². The van der Waals surface area contributed by atoms with Crippen LogP contribution in [0.5, 0.6) is 0 Å². The van der Waals surface area contributed by atoms with E-state index in [1.807, 2.05) is 0 Å². The molecule has 0 bridgehead atoms. The van der Waals surface area contributed by atoms with Gasteiger partial charge in [0.1, 0.15) is 37.7 Å². The standard InChI is InChI=1S/C15H14F4N6O2/c16-12-3-1-11(2-4-12)14(26,5-24-9-20-7-22-24)13(25-10-21-8-23-25)27-6-15(17,18)19/h1-4,7-10,13,26H,5-6H2/t13-,14+/m1/s1. The number of aliphatic hydroxyl groups is 1. The first-order valence-corrected chi connectivity index (χ1v) is 7.61. The minimum absolute atomic E-state index is 0.0991. The van der Waals surface area contributed by atoms with Crippen molar-refractivity contribution < 1.29 is 27.4 Å². The third-order valence-corrected chi connectivity index (χ3v) is 3.70. The van der Waals surface area contributed by atoms with Gasteiger partial charge in [0.05, 0.1) is 6.54 Å². The predicted molar refractivity (Wildman–Crippen MR) is 81.4 cm³/mol. The Hall–Kier alpha value is -2.86. The van der Waals surface area contributed by atoms with Crippen LogP contribution < -0.4 is 0 Å². The summed E-state index contributed by atoms with van der Waals surface area (Å²) in [4.78, 5) is 7.44. The molecule has 0 aliphatic carbocycles. The van der Waals surface area contributed by atoms with Crippen molar-refractivity contribution in [1.29, 1.82) is 0 Å². The molecule has 0 aliphatic heterocycles. The topological polar surface area (TPSA) is 90.9 Å². The lowest BCUT2D eigenvalue weighted by Crippen LogP contribution is -2.43. The van der Waals surface area contributed by atoms with Crippen LogP contribution >= 0.6 is 0 Å². The summed E-state index contributed by atoms with van der Waals surface area (Å²) in [5.41, 5.74) is -2.00. The molecule has 144 valence electrons. The molecule has 0 amide bonds. The summed E-state index contributed by atoms with van der Waals surface area (Å²) in [7, 11) is 0. The van der Waals surface area contributed by atoms with Gasteiger partial charge in [0, 0.05) is 0 Å². The van der Waals surface area contributed by atoms with Crippen molar-refractivity contribution in [2.45, 2.75) is 24.6 Å². The van der Waals surface area contributed by atoms with Gasteiger partial charge in [-0.25, -0.2) is 23.7 Å². The highest BCUT2D eigenvalue weighted by Gasteiger charge is 2.44. The Balaban J connectivity index is 2.05. The van der Waals surface area contributed by atoms with Crippen LogP contribution in [0, 0.1) is 5.82 Å². The fourth-order valence-corrected chi connectivity index (χ4v) is 2.56. The number of nitrogens with zero attached hydrogens (tertiary/aromatic N) is 6. The molecule has 0 unspecified atom stereocenters. The fraction of sp³-hybridized carbons (Fsp3) is 0.333. The molecule has 1 N–H and O–H groups in total. The van der Waals surface area contributed by atoms with Gasteiger partial charge in [-0.05, 0) is 17.7 Å². The van der Waals surface area contributed by atoms with Gasteiger partial charge >= 0.3 is 6.18 Å². The maximum Gasteiger partial charge on any atom is 0.411 e. The number of aromatic nitrogens is 6. The van der Waals surface area contributed by atoms with Crippen LogP contribution in [0.2, 0.25) is 0 Å². The molecule has 27 heavy (non-hydrogen) atoms. The summed E-state index contributed by atoms with van der Waals surface area (Å²) in [5, 5.41) is 19.0. The average Bonchev–Trinajstić information content (AvgIpc) is 3.28. The van der Waals surface area contributed by atoms with Crippen molar-refractivity contribution in [1.82, 2.24) is 29.5 Å². The number of hydrogen-bond acceptors (Lipinski definition) is 6. The van der Waals surface area contributed by atoms with Gasteiger partial charge in [-0.2, -0.15) is 23.4 Å². The summed E-state index contributed by atoms with van der Waals surface area (Å²) in [5.74, 6) is -0.574. The zero-order valence-corrected chi connectivity index (χ0v) is 13.7. The summed E-state index contributed by atoms with van der Waals surface area (Å²) < 4.78 is 58.7. The Kier molecular flexibility index (Phi) is 5.19. The van der Waals surface area contributed by atoms with E-state index in [2.05, 4.69) is 20.2 Å². The van der Waals surface area contributed by atoms with Crippen molar-refractivity contribution in [2.75, 3.05) is 6.61 Å². The molecule has 12 heteroatoms. The van der Waals surface area contributed by atoms with Crippen molar-refractivity contribution in [3.63, 3.8) is 0 Å². The van der Waals surface area contributed by atoms with Crippen molar-refractivity contribution in [3.8, 4) is 0 Å². The molecule has 0 radical (unpaired) electrons. The van der Waals surface area contributed by atoms with Crippen LogP contribution in [-0.2, 0) is 16.9 Å². The minimum atomic E-state index is -4.64. The van der Waals surface area contributed by atoms with E-state index in [0.29, 0.717) is 0 Å². The van der Waals surface area contributed by atoms with E-state index in [1.165, 1.54) is 29.5 Å². The summed E-state index contributed by atoms with van der Waals surface area (Å²) in [6.07, 6.45) is -1.60. The molecule has 2 heterocycles. The Morgan fingerprint density at radius 2 is 1.70 bits per heavy atom. The molecular formula is C15H14F4N6O2. The Bertz CT molecular complexity index is 838. The number of alkyl halides is 3. The molecule has 2 atom stereocenters. The van der Waals surface area contributed by atoms with Crippen LogP contribution in [-0.4, -0.2) is 47.4 Å². The number of rotatable bonds is 7. The fourth-order valence-electron chi connectivity index (χ4n) is 2.56. The normalized spacial score (nSPS) is 15.4. The van der Waals surface area contributed by atoms with Gasteiger partial charge < -0.3 is 9.84 Å². The van der Waals surface area contributed by atoms with E-state index in [4.69, 9.17) is 4.74 Å². The van der Waals surface area contributed by atoms with Crippen LogP contribution in [0.1, 0.15) is 11.8 Å². The number of ether oxygens (including phenoxy) is 1. The maximum atomic E-state index is 13.3. The Morgan fingerprint density at radius 3 is 2.26 bits per heavy atom. The van der Waals surface area contributed by atoms with Crippen LogP contribution in [0.4, 0.5) is 17.6 Å². The molecule has 0 aliphatic rings.